The Morgan fingerprint density at radius 1 is 1.29 bits per heavy atom. The van der Waals surface area contributed by atoms with Gasteiger partial charge in [0.1, 0.15) is 0 Å². The van der Waals surface area contributed by atoms with Gasteiger partial charge in [-0.05, 0) is 43.6 Å². The lowest BCUT2D eigenvalue weighted by Gasteiger charge is -2.96. The molecule has 3 nitrogen and oxygen atoms in total. The summed E-state index contributed by atoms with van der Waals surface area (Å²) >= 11 is 0. The molecular formula is C18H21NO2. The fraction of sp³-hybridized carbons (Fsp3) is 0.611. The summed E-state index contributed by atoms with van der Waals surface area (Å²) in [4.78, 5) is 12.1. The van der Waals surface area contributed by atoms with Gasteiger partial charge in [-0.25, -0.2) is 0 Å². The number of rotatable bonds is 4. The first-order chi connectivity index (χ1) is 10.1. The summed E-state index contributed by atoms with van der Waals surface area (Å²) in [5.41, 5.74) is 7.37. The van der Waals surface area contributed by atoms with Crippen LogP contribution in [0.4, 0.5) is 0 Å². The fourth-order valence-corrected chi connectivity index (χ4v) is 7.09. The number of carbonyl (C=O) groups is 1. The van der Waals surface area contributed by atoms with Crippen LogP contribution in [0.25, 0.3) is 0 Å². The molecule has 6 unspecified atom stereocenters. The summed E-state index contributed by atoms with van der Waals surface area (Å²) in [6, 6.07) is 10.8. The second-order valence-corrected chi connectivity index (χ2v) is 7.48. The van der Waals surface area contributed by atoms with Crippen molar-refractivity contribution in [2.24, 2.45) is 28.4 Å². The van der Waals surface area contributed by atoms with Crippen LogP contribution in [0.2, 0.25) is 0 Å². The summed E-state index contributed by atoms with van der Waals surface area (Å²) in [6.45, 7) is 2.84. The van der Waals surface area contributed by atoms with E-state index >= 15 is 0 Å². The molecule has 0 radical (unpaired) electrons. The van der Waals surface area contributed by atoms with Crippen molar-refractivity contribution >= 4 is 5.91 Å². The van der Waals surface area contributed by atoms with Crippen LogP contribution in [-0.2, 0) is 14.9 Å². The summed E-state index contributed by atoms with van der Waals surface area (Å²) < 4.78 is 5.96. The lowest BCUT2D eigenvalue weighted by molar-refractivity contribution is -0.469. The maximum absolute atomic E-state index is 12.1. The molecule has 4 aliphatic carbocycles. The fourth-order valence-electron chi connectivity index (χ4n) is 7.09. The standard InChI is InChI=1S/C18H21NO2/c1-2-21-14-12-8-16(11-6-4-3-5-7-11)10-17(15(19)20)9-13(14)18(12,16)17/h3-7,12-14H,2,8-10H2,1H3,(H2,19,20). The van der Waals surface area contributed by atoms with E-state index in [2.05, 4.69) is 37.3 Å². The topological polar surface area (TPSA) is 52.3 Å². The van der Waals surface area contributed by atoms with E-state index in [0.717, 1.165) is 19.4 Å². The third kappa shape index (κ3) is 0.903. The molecule has 1 amide bonds. The molecule has 1 aromatic rings. The van der Waals surface area contributed by atoms with Gasteiger partial charge >= 0.3 is 0 Å². The van der Waals surface area contributed by atoms with Crippen LogP contribution in [0.15, 0.2) is 30.3 Å². The molecule has 4 fully saturated rings. The van der Waals surface area contributed by atoms with E-state index in [1.807, 2.05) is 0 Å². The Bertz CT molecular complexity index is 636. The van der Waals surface area contributed by atoms with Gasteiger partial charge < -0.3 is 10.5 Å². The lowest BCUT2D eigenvalue weighted by Crippen LogP contribution is -2.98. The van der Waals surface area contributed by atoms with Crippen LogP contribution in [-0.4, -0.2) is 18.6 Å². The molecule has 0 bridgehead atoms. The Morgan fingerprint density at radius 3 is 2.62 bits per heavy atom. The quantitative estimate of drug-likeness (QED) is 0.921. The van der Waals surface area contributed by atoms with E-state index in [0.29, 0.717) is 17.9 Å². The number of ether oxygens (including phenoxy) is 1. The van der Waals surface area contributed by atoms with Gasteiger partial charge in [-0.1, -0.05) is 30.3 Å². The molecule has 6 atom stereocenters. The Balaban J connectivity index is 1.58. The van der Waals surface area contributed by atoms with E-state index in [1.54, 1.807) is 0 Å². The first kappa shape index (κ1) is 12.2. The van der Waals surface area contributed by atoms with Gasteiger partial charge in [0.05, 0.1) is 11.5 Å². The SMILES string of the molecule is CCOC1C2CC3(C(N)=O)CC4(c5ccccc5)CC1C234. The number of carbonyl (C=O) groups excluding carboxylic acids is 1. The Kier molecular flexibility index (Phi) is 1.95. The zero-order valence-corrected chi connectivity index (χ0v) is 12.3. The minimum atomic E-state index is -0.218. The number of primary amides is 1. The van der Waals surface area contributed by atoms with Gasteiger partial charge in [-0.2, -0.15) is 0 Å². The summed E-state index contributed by atoms with van der Waals surface area (Å²) in [6.07, 6.45) is 3.47. The monoisotopic (exact) mass is 283 g/mol. The predicted molar refractivity (Wildman–Crippen MR) is 78.4 cm³/mol. The molecule has 1 aromatic carbocycles. The molecule has 5 rings (SSSR count). The summed E-state index contributed by atoms with van der Waals surface area (Å²) in [7, 11) is 0. The van der Waals surface area contributed by atoms with E-state index < -0.39 is 0 Å². The first-order valence-electron chi connectivity index (χ1n) is 8.11. The highest BCUT2D eigenvalue weighted by molar-refractivity contribution is 5.88. The van der Waals surface area contributed by atoms with Crippen molar-refractivity contribution in [1.29, 1.82) is 0 Å². The molecule has 4 saturated carbocycles. The second-order valence-electron chi connectivity index (χ2n) is 7.48. The summed E-state index contributed by atoms with van der Waals surface area (Å²) in [5, 5.41) is 0. The van der Waals surface area contributed by atoms with Crippen LogP contribution in [0.3, 0.4) is 0 Å². The number of amides is 1. The van der Waals surface area contributed by atoms with E-state index in [1.165, 1.54) is 12.0 Å². The van der Waals surface area contributed by atoms with Gasteiger partial charge in [-0.3, -0.25) is 4.79 Å². The van der Waals surface area contributed by atoms with Crippen molar-refractivity contribution in [3.63, 3.8) is 0 Å². The minimum Gasteiger partial charge on any atom is -0.378 e. The molecule has 0 saturated heterocycles. The lowest BCUT2D eigenvalue weighted by atomic mass is 9.07. The molecule has 0 aliphatic heterocycles. The normalized spacial score (nSPS) is 51.4. The van der Waals surface area contributed by atoms with Gasteiger partial charge in [0.2, 0.25) is 5.91 Å². The van der Waals surface area contributed by atoms with E-state index in [9.17, 15) is 4.79 Å². The third-order valence-corrected chi connectivity index (χ3v) is 7.44. The molecule has 1 spiro atoms. The van der Waals surface area contributed by atoms with Crippen molar-refractivity contribution in [3.05, 3.63) is 35.9 Å². The van der Waals surface area contributed by atoms with Gasteiger partial charge in [0.15, 0.2) is 0 Å². The van der Waals surface area contributed by atoms with Crippen molar-refractivity contribution in [2.45, 2.75) is 37.7 Å². The van der Waals surface area contributed by atoms with Crippen LogP contribution in [0.5, 0.6) is 0 Å². The Morgan fingerprint density at radius 2 is 2.00 bits per heavy atom. The van der Waals surface area contributed by atoms with E-state index in [-0.39, 0.29) is 22.2 Å². The van der Waals surface area contributed by atoms with Crippen molar-refractivity contribution in [2.75, 3.05) is 6.61 Å². The average Bonchev–Trinajstić information content (AvgIpc) is 2.42. The summed E-state index contributed by atoms with van der Waals surface area (Å²) in [5.74, 6) is 1.04. The first-order valence-corrected chi connectivity index (χ1v) is 8.11. The Labute approximate surface area is 124 Å². The highest BCUT2D eigenvalue weighted by Crippen LogP contribution is 2.97. The highest BCUT2D eigenvalue weighted by Gasteiger charge is 2.98. The van der Waals surface area contributed by atoms with Crippen molar-refractivity contribution < 1.29 is 9.53 Å². The second kappa shape index (κ2) is 3.35. The number of hydrogen-bond acceptors (Lipinski definition) is 2. The van der Waals surface area contributed by atoms with Gasteiger partial charge in [-0.15, -0.1) is 0 Å². The zero-order chi connectivity index (χ0) is 14.5. The molecule has 0 aromatic heterocycles. The largest absolute Gasteiger partial charge is 0.378 e. The predicted octanol–water partition coefficient (Wildman–Crippen LogP) is 2.24. The molecule has 110 valence electrons. The highest BCUT2D eigenvalue weighted by atomic mass is 16.5. The molecular weight excluding hydrogens is 262 g/mol. The minimum absolute atomic E-state index is 0.0649. The van der Waals surface area contributed by atoms with Gasteiger partial charge in [0, 0.05) is 17.4 Å². The third-order valence-electron chi connectivity index (χ3n) is 7.44. The number of nitrogens with two attached hydrogens (primary N) is 1. The van der Waals surface area contributed by atoms with Crippen LogP contribution in [0, 0.1) is 22.7 Å². The van der Waals surface area contributed by atoms with Crippen molar-refractivity contribution in [3.8, 4) is 0 Å². The number of benzene rings is 1. The van der Waals surface area contributed by atoms with Crippen LogP contribution >= 0.6 is 0 Å². The molecule has 21 heavy (non-hydrogen) atoms. The van der Waals surface area contributed by atoms with Crippen LogP contribution in [0.1, 0.15) is 31.7 Å². The van der Waals surface area contributed by atoms with Crippen LogP contribution < -0.4 is 5.73 Å². The number of hydrogen-bond donors (Lipinski definition) is 1. The molecule has 3 heteroatoms. The smallest absolute Gasteiger partial charge is 0.224 e. The maximum atomic E-state index is 12.1. The zero-order valence-electron chi connectivity index (χ0n) is 12.3. The average molecular weight is 283 g/mol. The maximum Gasteiger partial charge on any atom is 0.224 e. The van der Waals surface area contributed by atoms with E-state index in [4.69, 9.17) is 10.5 Å². The van der Waals surface area contributed by atoms with Gasteiger partial charge in [0.25, 0.3) is 0 Å². The Hall–Kier alpha value is -1.35. The molecule has 4 aliphatic rings. The molecule has 2 N–H and O–H groups in total. The van der Waals surface area contributed by atoms with Crippen molar-refractivity contribution in [1.82, 2.24) is 0 Å². The molecule has 0 heterocycles.